The molecular weight excluding hydrogens is 190 g/mol. The van der Waals surface area contributed by atoms with Gasteiger partial charge in [0.2, 0.25) is 0 Å². The van der Waals surface area contributed by atoms with Gasteiger partial charge in [0.1, 0.15) is 0 Å². The van der Waals surface area contributed by atoms with E-state index < -0.39 is 0 Å². The molecule has 0 amide bonds. The first kappa shape index (κ1) is 12.7. The lowest BCUT2D eigenvalue weighted by Crippen LogP contribution is -2.45. The van der Waals surface area contributed by atoms with Gasteiger partial charge in [-0.1, -0.05) is 18.6 Å². The Labute approximate surface area is 92.8 Å². The molecule has 0 radical (unpaired) electrons. The first-order valence-corrected chi connectivity index (χ1v) is 5.81. The van der Waals surface area contributed by atoms with Crippen LogP contribution in [0.4, 0.5) is 0 Å². The van der Waals surface area contributed by atoms with E-state index in [-0.39, 0.29) is 12.1 Å². The molecule has 0 bridgehead atoms. The predicted molar refractivity (Wildman–Crippen MR) is 62.1 cm³/mol. The van der Waals surface area contributed by atoms with Crippen molar-refractivity contribution in [2.75, 3.05) is 26.4 Å². The van der Waals surface area contributed by atoms with Crippen molar-refractivity contribution in [2.24, 2.45) is 0 Å². The number of rotatable bonds is 5. The largest absolute Gasteiger partial charge is 0.376 e. The third-order valence-corrected chi connectivity index (χ3v) is 2.39. The van der Waals surface area contributed by atoms with E-state index in [1.165, 1.54) is 5.57 Å². The van der Waals surface area contributed by atoms with Crippen LogP contribution in [0.25, 0.3) is 0 Å². The maximum atomic E-state index is 5.71. The van der Waals surface area contributed by atoms with Crippen LogP contribution in [-0.4, -0.2) is 38.5 Å². The summed E-state index contributed by atoms with van der Waals surface area (Å²) in [5, 5.41) is 3.49. The molecule has 1 aliphatic rings. The maximum Gasteiger partial charge on any atom is 0.0997 e. The second kappa shape index (κ2) is 6.99. The summed E-state index contributed by atoms with van der Waals surface area (Å²) in [6, 6.07) is 0.287. The molecule has 88 valence electrons. The van der Waals surface area contributed by atoms with Crippen molar-refractivity contribution < 1.29 is 9.47 Å². The van der Waals surface area contributed by atoms with Crippen molar-refractivity contribution in [1.82, 2.24) is 5.32 Å². The molecule has 0 aromatic heterocycles. The summed E-state index contributed by atoms with van der Waals surface area (Å²) in [5.74, 6) is 0. The Morgan fingerprint density at radius 3 is 2.80 bits per heavy atom. The highest BCUT2D eigenvalue weighted by molar-refractivity contribution is 5.04. The van der Waals surface area contributed by atoms with Gasteiger partial charge in [0.15, 0.2) is 0 Å². The lowest BCUT2D eigenvalue weighted by atomic mass is 10.1. The SMILES string of the molecule is CCCNC(C=C(C)C)C1COCCO1. The van der Waals surface area contributed by atoms with E-state index >= 15 is 0 Å². The molecule has 0 aromatic rings. The van der Waals surface area contributed by atoms with Gasteiger partial charge >= 0.3 is 0 Å². The highest BCUT2D eigenvalue weighted by Crippen LogP contribution is 2.09. The zero-order valence-corrected chi connectivity index (χ0v) is 10.1. The maximum absolute atomic E-state index is 5.71. The molecule has 1 N–H and O–H groups in total. The summed E-state index contributed by atoms with van der Waals surface area (Å²) < 4.78 is 11.1. The molecule has 1 aliphatic heterocycles. The monoisotopic (exact) mass is 213 g/mol. The number of ether oxygens (including phenoxy) is 2. The number of hydrogen-bond donors (Lipinski definition) is 1. The summed E-state index contributed by atoms with van der Waals surface area (Å²) in [5.41, 5.74) is 1.32. The van der Waals surface area contributed by atoms with Crippen molar-refractivity contribution in [3.63, 3.8) is 0 Å². The van der Waals surface area contributed by atoms with Crippen molar-refractivity contribution in [1.29, 1.82) is 0 Å². The van der Waals surface area contributed by atoms with Crippen LogP contribution in [0, 0.1) is 0 Å². The lowest BCUT2D eigenvalue weighted by molar-refractivity contribution is -0.0955. The van der Waals surface area contributed by atoms with Gasteiger partial charge in [-0.2, -0.15) is 0 Å². The van der Waals surface area contributed by atoms with E-state index in [1.54, 1.807) is 0 Å². The number of nitrogens with one attached hydrogen (secondary N) is 1. The predicted octanol–water partition coefficient (Wildman–Crippen LogP) is 1.74. The molecule has 0 saturated carbocycles. The van der Waals surface area contributed by atoms with Gasteiger partial charge in [-0.15, -0.1) is 0 Å². The second-order valence-corrected chi connectivity index (χ2v) is 4.21. The normalized spacial score (nSPS) is 23.5. The fraction of sp³-hybridized carbons (Fsp3) is 0.833. The Bertz CT molecular complexity index is 194. The minimum atomic E-state index is 0.167. The molecular formula is C12H23NO2. The zero-order chi connectivity index (χ0) is 11.1. The van der Waals surface area contributed by atoms with Crippen molar-refractivity contribution in [3.8, 4) is 0 Å². The van der Waals surface area contributed by atoms with Crippen molar-refractivity contribution in [2.45, 2.75) is 39.3 Å². The number of allylic oxidation sites excluding steroid dienone is 1. The summed E-state index contributed by atoms with van der Waals surface area (Å²) in [7, 11) is 0. The van der Waals surface area contributed by atoms with Crippen LogP contribution < -0.4 is 5.32 Å². The molecule has 0 spiro atoms. The molecule has 1 fully saturated rings. The summed E-state index contributed by atoms with van der Waals surface area (Å²) in [4.78, 5) is 0. The van der Waals surface area contributed by atoms with Gasteiger partial charge in [-0.05, 0) is 26.8 Å². The van der Waals surface area contributed by atoms with Gasteiger partial charge in [-0.25, -0.2) is 0 Å². The van der Waals surface area contributed by atoms with Crippen molar-refractivity contribution >= 4 is 0 Å². The minimum Gasteiger partial charge on any atom is -0.376 e. The summed E-state index contributed by atoms with van der Waals surface area (Å²) >= 11 is 0. The Balaban J connectivity index is 2.49. The van der Waals surface area contributed by atoms with Gasteiger partial charge in [0.05, 0.1) is 32.0 Å². The zero-order valence-electron chi connectivity index (χ0n) is 10.1. The van der Waals surface area contributed by atoms with E-state index in [9.17, 15) is 0 Å². The van der Waals surface area contributed by atoms with E-state index in [0.717, 1.165) is 19.6 Å². The van der Waals surface area contributed by atoms with Crippen LogP contribution in [0.3, 0.4) is 0 Å². The molecule has 0 aromatic carbocycles. The second-order valence-electron chi connectivity index (χ2n) is 4.21. The molecule has 1 rings (SSSR count). The Morgan fingerprint density at radius 1 is 1.47 bits per heavy atom. The van der Waals surface area contributed by atoms with Crippen LogP contribution in [0.1, 0.15) is 27.2 Å². The topological polar surface area (TPSA) is 30.5 Å². The quantitative estimate of drug-likeness (QED) is 0.706. The standard InChI is InChI=1S/C12H23NO2/c1-4-5-13-11(8-10(2)3)12-9-14-6-7-15-12/h8,11-13H,4-7,9H2,1-3H3. The molecule has 1 saturated heterocycles. The highest BCUT2D eigenvalue weighted by atomic mass is 16.6. The van der Waals surface area contributed by atoms with E-state index in [2.05, 4.69) is 32.2 Å². The summed E-state index contributed by atoms with van der Waals surface area (Å²) in [6.45, 7) is 9.57. The Hall–Kier alpha value is -0.380. The van der Waals surface area contributed by atoms with Gasteiger partial charge in [-0.3, -0.25) is 0 Å². The molecule has 15 heavy (non-hydrogen) atoms. The minimum absolute atomic E-state index is 0.167. The van der Waals surface area contributed by atoms with Crippen LogP contribution >= 0.6 is 0 Å². The van der Waals surface area contributed by atoms with Gasteiger partial charge in [0.25, 0.3) is 0 Å². The molecule has 2 unspecified atom stereocenters. The third kappa shape index (κ3) is 4.78. The van der Waals surface area contributed by atoms with Crippen LogP contribution in [0.15, 0.2) is 11.6 Å². The van der Waals surface area contributed by atoms with Crippen molar-refractivity contribution in [3.05, 3.63) is 11.6 Å². The Kier molecular flexibility index (Phi) is 5.91. The van der Waals surface area contributed by atoms with E-state index in [0.29, 0.717) is 13.2 Å². The number of hydrogen-bond acceptors (Lipinski definition) is 3. The van der Waals surface area contributed by atoms with Crippen LogP contribution in [0.5, 0.6) is 0 Å². The average molecular weight is 213 g/mol. The molecule has 1 heterocycles. The summed E-state index contributed by atoms with van der Waals surface area (Å²) in [6.07, 6.45) is 3.54. The molecule has 3 nitrogen and oxygen atoms in total. The molecule has 3 heteroatoms. The highest BCUT2D eigenvalue weighted by Gasteiger charge is 2.22. The third-order valence-electron chi connectivity index (χ3n) is 2.39. The van der Waals surface area contributed by atoms with E-state index in [1.807, 2.05) is 0 Å². The Morgan fingerprint density at radius 2 is 2.27 bits per heavy atom. The fourth-order valence-electron chi connectivity index (χ4n) is 1.68. The van der Waals surface area contributed by atoms with E-state index in [4.69, 9.17) is 9.47 Å². The first-order chi connectivity index (χ1) is 7.24. The van der Waals surface area contributed by atoms with Crippen LogP contribution in [-0.2, 0) is 9.47 Å². The lowest BCUT2D eigenvalue weighted by Gasteiger charge is -2.29. The first-order valence-electron chi connectivity index (χ1n) is 5.81. The molecule has 0 aliphatic carbocycles. The van der Waals surface area contributed by atoms with Crippen LogP contribution in [0.2, 0.25) is 0 Å². The van der Waals surface area contributed by atoms with Gasteiger partial charge in [0, 0.05) is 0 Å². The van der Waals surface area contributed by atoms with Gasteiger partial charge < -0.3 is 14.8 Å². The smallest absolute Gasteiger partial charge is 0.0997 e. The molecule has 2 atom stereocenters. The average Bonchev–Trinajstić information content (AvgIpc) is 2.25. The fourth-order valence-corrected chi connectivity index (χ4v) is 1.68.